The Balaban J connectivity index is 2.45. The molecular weight excluding hydrogens is 100 g/mol. The molecule has 8 heavy (non-hydrogen) atoms. The fourth-order valence-corrected chi connectivity index (χ4v) is 0.906. The van der Waals surface area contributed by atoms with Gasteiger partial charge in [0.05, 0.1) is 6.07 Å². The second kappa shape index (κ2) is 2.15. The molecule has 0 N–H and O–H groups in total. The summed E-state index contributed by atoms with van der Waals surface area (Å²) in [7, 11) is 1.97. The van der Waals surface area contributed by atoms with Crippen molar-refractivity contribution in [3.05, 3.63) is 6.42 Å². The van der Waals surface area contributed by atoms with Gasteiger partial charge in [-0.15, -0.1) is 0 Å². The zero-order valence-corrected chi connectivity index (χ0v) is 4.96. The van der Waals surface area contributed by atoms with Crippen molar-refractivity contribution < 1.29 is 0 Å². The molecule has 1 unspecified atom stereocenters. The maximum atomic E-state index is 8.41. The Morgan fingerprint density at radius 2 is 2.62 bits per heavy atom. The third-order valence-electron chi connectivity index (χ3n) is 1.48. The van der Waals surface area contributed by atoms with E-state index in [2.05, 4.69) is 6.07 Å². The molecule has 1 radical (unpaired) electrons. The minimum atomic E-state index is 0.0787. The van der Waals surface area contributed by atoms with E-state index in [-0.39, 0.29) is 6.04 Å². The monoisotopic (exact) mass is 109 g/mol. The van der Waals surface area contributed by atoms with Crippen molar-refractivity contribution >= 4 is 0 Å². The van der Waals surface area contributed by atoms with Crippen LogP contribution in [0.4, 0.5) is 0 Å². The van der Waals surface area contributed by atoms with E-state index in [0.717, 1.165) is 13.0 Å². The first-order valence-corrected chi connectivity index (χ1v) is 2.78. The number of nitrogens with zero attached hydrogens (tertiary/aromatic N) is 2. The van der Waals surface area contributed by atoms with Crippen LogP contribution in [0.25, 0.3) is 0 Å². The lowest BCUT2D eigenvalue weighted by Crippen LogP contribution is -2.22. The molecule has 1 heterocycles. The molecule has 1 rings (SSSR count). The van der Waals surface area contributed by atoms with Crippen molar-refractivity contribution in [3.63, 3.8) is 0 Å². The predicted octanol–water partition coefficient (Wildman–Crippen LogP) is 0.418. The molecule has 0 aliphatic carbocycles. The average molecular weight is 109 g/mol. The van der Waals surface area contributed by atoms with E-state index in [0.29, 0.717) is 0 Å². The Bertz CT molecular complexity index is 114. The van der Waals surface area contributed by atoms with Gasteiger partial charge >= 0.3 is 0 Å². The van der Waals surface area contributed by atoms with Crippen molar-refractivity contribution in [2.75, 3.05) is 13.6 Å². The zero-order valence-electron chi connectivity index (χ0n) is 4.96. The van der Waals surface area contributed by atoms with Crippen LogP contribution < -0.4 is 0 Å². The van der Waals surface area contributed by atoms with Crippen LogP contribution in [0.15, 0.2) is 0 Å². The van der Waals surface area contributed by atoms with Gasteiger partial charge in [0.1, 0.15) is 6.04 Å². The smallest absolute Gasteiger partial charge is 0.101 e. The molecule has 2 nitrogen and oxygen atoms in total. The van der Waals surface area contributed by atoms with Gasteiger partial charge in [-0.05, 0) is 26.4 Å². The van der Waals surface area contributed by atoms with Crippen LogP contribution in [0.2, 0.25) is 0 Å². The quantitative estimate of drug-likeness (QED) is 0.450. The highest BCUT2D eigenvalue weighted by molar-refractivity contribution is 5.05. The molecule has 1 aliphatic rings. The molecule has 43 valence electrons. The van der Waals surface area contributed by atoms with E-state index in [4.69, 9.17) is 5.26 Å². The van der Waals surface area contributed by atoms with Gasteiger partial charge in [-0.3, -0.25) is 4.90 Å². The Morgan fingerprint density at radius 1 is 1.88 bits per heavy atom. The molecular formula is C6H9N2. The van der Waals surface area contributed by atoms with E-state index in [1.54, 1.807) is 0 Å². The van der Waals surface area contributed by atoms with E-state index < -0.39 is 0 Å². The lowest BCUT2D eigenvalue weighted by atomic mass is 10.2. The highest BCUT2D eigenvalue weighted by Gasteiger charge is 2.19. The fourth-order valence-electron chi connectivity index (χ4n) is 0.906. The van der Waals surface area contributed by atoms with E-state index in [1.807, 2.05) is 18.4 Å². The molecule has 0 aromatic carbocycles. The average Bonchev–Trinajstić information content (AvgIpc) is 2.14. The van der Waals surface area contributed by atoms with Gasteiger partial charge in [0.15, 0.2) is 0 Å². The van der Waals surface area contributed by atoms with Gasteiger partial charge in [0, 0.05) is 0 Å². The summed E-state index contributed by atoms with van der Waals surface area (Å²) in [5.41, 5.74) is 0. The normalized spacial score (nSPS) is 30.2. The van der Waals surface area contributed by atoms with Gasteiger partial charge in [0.2, 0.25) is 0 Å². The lowest BCUT2D eigenvalue weighted by molar-refractivity contribution is 0.375. The maximum Gasteiger partial charge on any atom is 0.101 e. The van der Waals surface area contributed by atoms with Crippen molar-refractivity contribution in [2.45, 2.75) is 12.5 Å². The Labute approximate surface area is 49.7 Å². The Morgan fingerprint density at radius 3 is 2.88 bits per heavy atom. The fraction of sp³-hybridized carbons (Fsp3) is 0.667. The summed E-state index contributed by atoms with van der Waals surface area (Å²) in [5, 5.41) is 8.41. The number of hydrogen-bond acceptors (Lipinski definition) is 2. The minimum absolute atomic E-state index is 0.0787. The summed E-state index contributed by atoms with van der Waals surface area (Å²) in [6.07, 6.45) is 3.11. The van der Waals surface area contributed by atoms with E-state index in [1.165, 1.54) is 0 Å². The van der Waals surface area contributed by atoms with Crippen LogP contribution in [0.5, 0.6) is 0 Å². The predicted molar refractivity (Wildman–Crippen MR) is 30.9 cm³/mol. The lowest BCUT2D eigenvalue weighted by Gasteiger charge is -2.09. The molecule has 1 saturated heterocycles. The van der Waals surface area contributed by atoms with Gasteiger partial charge in [-0.2, -0.15) is 5.26 Å². The number of hydrogen-bond donors (Lipinski definition) is 0. The summed E-state index contributed by atoms with van der Waals surface area (Å²) in [6.45, 7) is 1.04. The molecule has 0 saturated carbocycles. The third kappa shape index (κ3) is 0.823. The van der Waals surface area contributed by atoms with Crippen LogP contribution in [0.3, 0.4) is 0 Å². The van der Waals surface area contributed by atoms with Gasteiger partial charge in [-0.25, -0.2) is 0 Å². The van der Waals surface area contributed by atoms with Crippen molar-refractivity contribution in [1.82, 2.24) is 4.90 Å². The molecule has 0 bridgehead atoms. The SMILES string of the molecule is CN1CC[CH]C1C#N. The largest absolute Gasteiger partial charge is 0.291 e. The second-order valence-electron chi connectivity index (χ2n) is 2.08. The molecule has 1 aliphatic heterocycles. The Kier molecular flexibility index (Phi) is 1.50. The maximum absolute atomic E-state index is 8.41. The standard InChI is InChI=1S/C6H9N2/c1-8-4-2-3-6(8)5-7/h3,6H,2,4H2,1H3. The highest BCUT2D eigenvalue weighted by Crippen LogP contribution is 2.11. The van der Waals surface area contributed by atoms with Crippen LogP contribution in [-0.2, 0) is 0 Å². The summed E-state index contributed by atoms with van der Waals surface area (Å²) in [5.74, 6) is 0. The summed E-state index contributed by atoms with van der Waals surface area (Å²) >= 11 is 0. The Hall–Kier alpha value is -0.550. The van der Waals surface area contributed by atoms with Crippen LogP contribution >= 0.6 is 0 Å². The molecule has 0 aromatic heterocycles. The number of likely N-dealkylation sites (tertiary alicyclic amines) is 1. The van der Waals surface area contributed by atoms with Crippen LogP contribution in [-0.4, -0.2) is 24.5 Å². The minimum Gasteiger partial charge on any atom is -0.291 e. The number of rotatable bonds is 0. The van der Waals surface area contributed by atoms with Gasteiger partial charge in [0.25, 0.3) is 0 Å². The van der Waals surface area contributed by atoms with Crippen molar-refractivity contribution in [2.24, 2.45) is 0 Å². The van der Waals surface area contributed by atoms with Crippen molar-refractivity contribution in [1.29, 1.82) is 5.26 Å². The van der Waals surface area contributed by atoms with Crippen LogP contribution in [0.1, 0.15) is 6.42 Å². The first-order chi connectivity index (χ1) is 3.84. The molecule has 1 fully saturated rings. The van der Waals surface area contributed by atoms with E-state index in [9.17, 15) is 0 Å². The zero-order chi connectivity index (χ0) is 5.98. The molecule has 0 aromatic rings. The third-order valence-corrected chi connectivity index (χ3v) is 1.48. The van der Waals surface area contributed by atoms with Crippen molar-refractivity contribution in [3.8, 4) is 6.07 Å². The molecule has 0 spiro atoms. The van der Waals surface area contributed by atoms with Crippen LogP contribution in [0, 0.1) is 17.8 Å². The van der Waals surface area contributed by atoms with Gasteiger partial charge in [-0.1, -0.05) is 0 Å². The van der Waals surface area contributed by atoms with Gasteiger partial charge < -0.3 is 0 Å². The summed E-state index contributed by atoms with van der Waals surface area (Å²) in [6, 6.07) is 2.26. The second-order valence-corrected chi connectivity index (χ2v) is 2.08. The molecule has 2 heteroatoms. The summed E-state index contributed by atoms with van der Waals surface area (Å²) in [4.78, 5) is 2.04. The highest BCUT2D eigenvalue weighted by atomic mass is 15.1. The first kappa shape index (κ1) is 5.58. The molecule has 0 amide bonds. The summed E-state index contributed by atoms with van der Waals surface area (Å²) < 4.78 is 0. The topological polar surface area (TPSA) is 27.0 Å². The first-order valence-electron chi connectivity index (χ1n) is 2.78. The number of nitriles is 1. The molecule has 1 atom stereocenters. The van der Waals surface area contributed by atoms with E-state index >= 15 is 0 Å².